The molecule has 0 spiro atoms. The number of carbonyl (C=O) groups excluding carboxylic acids is 1. The second-order valence-electron chi connectivity index (χ2n) is 4.70. The molecule has 2 rings (SSSR count). The first kappa shape index (κ1) is 15.1. The normalized spacial score (nSPS) is 12.0. The molecular weight excluding hydrogens is 276 g/mol. The lowest BCUT2D eigenvalue weighted by Gasteiger charge is -2.17. The van der Waals surface area contributed by atoms with Gasteiger partial charge in [-0.05, 0) is 24.1 Å². The third-order valence-electron chi connectivity index (χ3n) is 3.18. The molecule has 5 heteroatoms. The predicted octanol–water partition coefficient (Wildman–Crippen LogP) is 2.74. The Balaban J connectivity index is 2.23. The lowest BCUT2D eigenvalue weighted by atomic mass is 10.1. The minimum Gasteiger partial charge on any atom is -0.394 e. The number of halogens is 2. The Kier molecular flexibility index (Phi) is 4.65. The molecule has 0 saturated heterocycles. The summed E-state index contributed by atoms with van der Waals surface area (Å²) in [5, 5.41) is 11.9. The molecule has 0 aromatic heterocycles. The second kappa shape index (κ2) is 6.45. The molecule has 2 aromatic rings. The Labute approximate surface area is 121 Å². The monoisotopic (exact) mass is 291 g/mol. The van der Waals surface area contributed by atoms with Gasteiger partial charge < -0.3 is 10.4 Å². The van der Waals surface area contributed by atoms with E-state index in [9.17, 15) is 18.7 Å². The zero-order chi connectivity index (χ0) is 15.4. The van der Waals surface area contributed by atoms with Crippen molar-refractivity contribution >= 4 is 5.91 Å². The van der Waals surface area contributed by atoms with Crippen LogP contribution >= 0.6 is 0 Å². The van der Waals surface area contributed by atoms with Crippen LogP contribution in [0.25, 0.3) is 0 Å². The fourth-order valence-electron chi connectivity index (χ4n) is 1.99. The van der Waals surface area contributed by atoms with Gasteiger partial charge in [0.2, 0.25) is 0 Å². The van der Waals surface area contributed by atoms with Crippen LogP contribution in [0.2, 0.25) is 0 Å². The van der Waals surface area contributed by atoms with Crippen molar-refractivity contribution in [2.24, 2.45) is 0 Å². The molecule has 3 nitrogen and oxygen atoms in total. The van der Waals surface area contributed by atoms with Crippen molar-refractivity contribution in [1.82, 2.24) is 5.32 Å². The Morgan fingerprint density at radius 1 is 1.19 bits per heavy atom. The van der Waals surface area contributed by atoms with E-state index in [1.54, 1.807) is 24.3 Å². The summed E-state index contributed by atoms with van der Waals surface area (Å²) in [4.78, 5) is 12.1. The number of amides is 1. The number of benzene rings is 2. The number of aryl methyl sites for hydroxylation is 1. The molecule has 0 fully saturated rings. The third-order valence-corrected chi connectivity index (χ3v) is 3.18. The number of hydrogen-bond donors (Lipinski definition) is 2. The number of nitrogens with one attached hydrogen (secondary N) is 1. The molecule has 0 radical (unpaired) electrons. The zero-order valence-corrected chi connectivity index (χ0v) is 11.4. The molecule has 2 N–H and O–H groups in total. The molecule has 0 aliphatic heterocycles. The standard InChI is InChI=1S/C16H15F2NO2/c1-10-7-12(14(18)8-13(10)17)16(21)19-15(9-20)11-5-3-2-4-6-11/h2-8,15,20H,9H2,1H3,(H,19,21). The van der Waals surface area contributed by atoms with Crippen molar-refractivity contribution in [3.63, 3.8) is 0 Å². The largest absolute Gasteiger partial charge is 0.394 e. The topological polar surface area (TPSA) is 49.3 Å². The third kappa shape index (κ3) is 3.44. The Bertz CT molecular complexity index is 644. The molecule has 0 bridgehead atoms. The van der Waals surface area contributed by atoms with Crippen molar-refractivity contribution in [3.05, 3.63) is 70.8 Å². The number of aliphatic hydroxyl groups is 1. The van der Waals surface area contributed by atoms with E-state index in [2.05, 4.69) is 5.32 Å². The van der Waals surface area contributed by atoms with Crippen molar-refractivity contribution in [3.8, 4) is 0 Å². The van der Waals surface area contributed by atoms with Crippen LogP contribution in [0.15, 0.2) is 42.5 Å². The summed E-state index contributed by atoms with van der Waals surface area (Å²) >= 11 is 0. The van der Waals surface area contributed by atoms with Gasteiger partial charge in [-0.3, -0.25) is 4.79 Å². The predicted molar refractivity (Wildman–Crippen MR) is 74.8 cm³/mol. The highest BCUT2D eigenvalue weighted by molar-refractivity contribution is 5.95. The summed E-state index contributed by atoms with van der Waals surface area (Å²) in [6.45, 7) is 1.13. The first-order valence-corrected chi connectivity index (χ1v) is 6.45. The van der Waals surface area contributed by atoms with Crippen LogP contribution in [-0.4, -0.2) is 17.6 Å². The van der Waals surface area contributed by atoms with E-state index in [0.29, 0.717) is 11.6 Å². The van der Waals surface area contributed by atoms with Gasteiger partial charge in [0, 0.05) is 6.07 Å². The zero-order valence-electron chi connectivity index (χ0n) is 11.4. The smallest absolute Gasteiger partial charge is 0.254 e. The molecule has 0 aliphatic rings. The van der Waals surface area contributed by atoms with Gasteiger partial charge in [0.25, 0.3) is 5.91 Å². The van der Waals surface area contributed by atoms with E-state index in [4.69, 9.17) is 0 Å². The van der Waals surface area contributed by atoms with E-state index in [-0.39, 0.29) is 17.7 Å². The molecule has 1 atom stereocenters. The summed E-state index contributed by atoms with van der Waals surface area (Å²) in [7, 11) is 0. The summed E-state index contributed by atoms with van der Waals surface area (Å²) in [5.74, 6) is -2.33. The lowest BCUT2D eigenvalue weighted by Crippen LogP contribution is -2.31. The maximum atomic E-state index is 13.7. The van der Waals surface area contributed by atoms with Gasteiger partial charge >= 0.3 is 0 Å². The number of hydrogen-bond acceptors (Lipinski definition) is 2. The number of aliphatic hydroxyl groups excluding tert-OH is 1. The molecule has 2 aromatic carbocycles. The molecule has 21 heavy (non-hydrogen) atoms. The molecular formula is C16H15F2NO2. The van der Waals surface area contributed by atoms with E-state index < -0.39 is 23.6 Å². The average Bonchev–Trinajstić information content (AvgIpc) is 2.49. The SMILES string of the molecule is Cc1cc(C(=O)NC(CO)c2ccccc2)c(F)cc1F. The Hall–Kier alpha value is -2.27. The maximum Gasteiger partial charge on any atom is 0.254 e. The van der Waals surface area contributed by atoms with Crippen LogP contribution in [0.1, 0.15) is 27.5 Å². The molecule has 1 amide bonds. The highest BCUT2D eigenvalue weighted by atomic mass is 19.1. The van der Waals surface area contributed by atoms with Crippen molar-refractivity contribution in [2.45, 2.75) is 13.0 Å². The summed E-state index contributed by atoms with van der Waals surface area (Å²) < 4.78 is 26.9. The summed E-state index contributed by atoms with van der Waals surface area (Å²) in [6.07, 6.45) is 0. The number of carbonyl (C=O) groups is 1. The van der Waals surface area contributed by atoms with E-state index in [1.807, 2.05) is 6.07 Å². The Morgan fingerprint density at radius 2 is 1.86 bits per heavy atom. The second-order valence-corrected chi connectivity index (χ2v) is 4.70. The van der Waals surface area contributed by atoms with Crippen LogP contribution < -0.4 is 5.32 Å². The maximum absolute atomic E-state index is 13.7. The van der Waals surface area contributed by atoms with Crippen molar-refractivity contribution < 1.29 is 18.7 Å². The van der Waals surface area contributed by atoms with Crippen LogP contribution in [0.4, 0.5) is 8.78 Å². The highest BCUT2D eigenvalue weighted by Crippen LogP contribution is 2.17. The lowest BCUT2D eigenvalue weighted by molar-refractivity contribution is 0.0912. The van der Waals surface area contributed by atoms with Gasteiger partial charge in [0.15, 0.2) is 0 Å². The van der Waals surface area contributed by atoms with Crippen molar-refractivity contribution in [1.29, 1.82) is 0 Å². The van der Waals surface area contributed by atoms with Gasteiger partial charge in [-0.2, -0.15) is 0 Å². The van der Waals surface area contributed by atoms with Gasteiger partial charge in [0.1, 0.15) is 11.6 Å². The van der Waals surface area contributed by atoms with Gasteiger partial charge in [0.05, 0.1) is 18.2 Å². The Morgan fingerprint density at radius 3 is 2.48 bits per heavy atom. The van der Waals surface area contributed by atoms with Crippen LogP contribution in [0.5, 0.6) is 0 Å². The highest BCUT2D eigenvalue weighted by Gasteiger charge is 2.18. The first-order valence-electron chi connectivity index (χ1n) is 6.45. The minimum atomic E-state index is -0.930. The van der Waals surface area contributed by atoms with Crippen molar-refractivity contribution in [2.75, 3.05) is 6.61 Å². The van der Waals surface area contributed by atoms with E-state index in [0.717, 1.165) is 6.07 Å². The minimum absolute atomic E-state index is 0.182. The summed E-state index contributed by atoms with van der Waals surface area (Å²) in [5.41, 5.74) is 0.637. The molecule has 0 saturated carbocycles. The van der Waals surface area contributed by atoms with E-state index in [1.165, 1.54) is 6.92 Å². The van der Waals surface area contributed by atoms with Crippen LogP contribution in [0.3, 0.4) is 0 Å². The van der Waals surface area contributed by atoms with Crippen LogP contribution in [0, 0.1) is 18.6 Å². The average molecular weight is 291 g/mol. The first-order chi connectivity index (χ1) is 10.0. The summed E-state index contributed by atoms with van der Waals surface area (Å²) in [6, 6.07) is 10.0. The number of rotatable bonds is 4. The molecule has 0 heterocycles. The van der Waals surface area contributed by atoms with E-state index >= 15 is 0 Å². The van der Waals surface area contributed by atoms with Gasteiger partial charge in [-0.25, -0.2) is 8.78 Å². The van der Waals surface area contributed by atoms with Gasteiger partial charge in [-0.1, -0.05) is 30.3 Å². The molecule has 1 unspecified atom stereocenters. The van der Waals surface area contributed by atoms with Crippen LogP contribution in [-0.2, 0) is 0 Å². The quantitative estimate of drug-likeness (QED) is 0.910. The molecule has 110 valence electrons. The van der Waals surface area contributed by atoms with Gasteiger partial charge in [-0.15, -0.1) is 0 Å². The fourth-order valence-corrected chi connectivity index (χ4v) is 1.99. The fraction of sp³-hybridized carbons (Fsp3) is 0.188. The molecule has 0 aliphatic carbocycles.